The number of ether oxygens (including phenoxy) is 2. The summed E-state index contributed by atoms with van der Waals surface area (Å²) < 4.78 is 11.1. The Labute approximate surface area is 417 Å². The summed E-state index contributed by atoms with van der Waals surface area (Å²) in [7, 11) is 0. The van der Waals surface area contributed by atoms with Gasteiger partial charge in [0.05, 0.1) is 35.8 Å². The number of rotatable bonds is 14. The highest BCUT2D eigenvalue weighted by Crippen LogP contribution is 2.29. The minimum atomic E-state index is -0.394. The van der Waals surface area contributed by atoms with Crippen molar-refractivity contribution >= 4 is 46.8 Å². The fourth-order valence-electron chi connectivity index (χ4n) is 8.07. The molecule has 69 heavy (non-hydrogen) atoms. The molecule has 0 spiro atoms. The molecule has 2 aliphatic heterocycles. The maximum Gasteiger partial charge on any atom is 0.338 e. The van der Waals surface area contributed by atoms with Gasteiger partial charge in [-0.05, 0) is 131 Å². The van der Waals surface area contributed by atoms with E-state index in [9.17, 15) is 19.2 Å². The predicted molar refractivity (Wildman–Crippen MR) is 279 cm³/mol. The zero-order valence-corrected chi connectivity index (χ0v) is 43.9. The number of amides is 2. The molecule has 2 aliphatic rings. The van der Waals surface area contributed by atoms with Crippen LogP contribution in [0.1, 0.15) is 147 Å². The average molecular weight is 972 g/mol. The molecule has 378 valence electrons. The van der Waals surface area contributed by atoms with Gasteiger partial charge in [-0.25, -0.2) is 9.59 Å². The second-order valence-electron chi connectivity index (χ2n) is 18.6. The van der Waals surface area contributed by atoms with Crippen molar-refractivity contribution in [3.63, 3.8) is 0 Å². The quantitative estimate of drug-likeness (QED) is 0.104. The van der Waals surface area contributed by atoms with Gasteiger partial charge in [-0.1, -0.05) is 124 Å². The van der Waals surface area contributed by atoms with Gasteiger partial charge in [-0.15, -0.1) is 0 Å². The van der Waals surface area contributed by atoms with Gasteiger partial charge in [0.2, 0.25) is 0 Å². The van der Waals surface area contributed by atoms with Crippen molar-refractivity contribution < 1.29 is 38.3 Å². The van der Waals surface area contributed by atoms with Crippen molar-refractivity contribution in [2.75, 3.05) is 52.6 Å². The summed E-state index contributed by atoms with van der Waals surface area (Å²) in [4.78, 5) is 65.9. The van der Waals surface area contributed by atoms with E-state index in [1.54, 1.807) is 4.90 Å². The summed E-state index contributed by atoms with van der Waals surface area (Å²) in [6.45, 7) is 23.4. The van der Waals surface area contributed by atoms with Gasteiger partial charge in [-0.3, -0.25) is 9.59 Å². The molecule has 0 bridgehead atoms. The molecule has 0 aliphatic carbocycles. The summed E-state index contributed by atoms with van der Waals surface area (Å²) in [5.74, 6) is -0.111. The Morgan fingerprint density at radius 3 is 1.61 bits per heavy atom. The van der Waals surface area contributed by atoms with E-state index in [1.807, 2.05) is 95.0 Å². The largest absolute Gasteiger partial charge is 0.462 e. The lowest BCUT2D eigenvalue weighted by atomic mass is 9.94. The summed E-state index contributed by atoms with van der Waals surface area (Å²) in [6.07, 6.45) is 23.4. The normalized spacial score (nSPS) is 17.1. The van der Waals surface area contributed by atoms with Crippen LogP contribution < -0.4 is 0 Å². The number of benzene rings is 2. The molecule has 0 aromatic heterocycles. The number of fused-ring (bicyclic) bond motifs is 2. The van der Waals surface area contributed by atoms with Crippen LogP contribution in [0.15, 0.2) is 77.1 Å². The van der Waals surface area contributed by atoms with E-state index in [1.165, 1.54) is 0 Å². The third kappa shape index (κ3) is 21.0. The Bertz CT molecular complexity index is 2170. The molecule has 0 saturated heterocycles. The van der Waals surface area contributed by atoms with Gasteiger partial charge in [0.25, 0.3) is 11.8 Å². The summed E-state index contributed by atoms with van der Waals surface area (Å²) in [5.41, 5.74) is 7.43. The Morgan fingerprint density at radius 1 is 0.623 bits per heavy atom. The summed E-state index contributed by atoms with van der Waals surface area (Å²) >= 11 is 6.66. The lowest BCUT2D eigenvalue weighted by molar-refractivity contribution is -0.137. The molecule has 0 fully saturated rings. The van der Waals surface area contributed by atoms with Crippen molar-refractivity contribution in [1.29, 1.82) is 0 Å². The summed E-state index contributed by atoms with van der Waals surface area (Å²) in [6, 6.07) is 5.88. The number of oxime groups is 2. The molecule has 2 aromatic carbocycles. The first-order valence-corrected chi connectivity index (χ1v) is 25.2. The highest BCUT2D eigenvalue weighted by molar-refractivity contribution is 6.33. The van der Waals surface area contributed by atoms with E-state index in [2.05, 4.69) is 56.2 Å². The van der Waals surface area contributed by atoms with Crippen molar-refractivity contribution in [3.05, 3.63) is 116 Å². The molecule has 2 heterocycles. The molecule has 0 saturated carbocycles. The van der Waals surface area contributed by atoms with Crippen LogP contribution in [0.3, 0.4) is 0 Å². The number of carbonyl (C=O) groups is 4. The molecular formula is C56H79ClN4O8. The molecule has 4 rings (SSSR count). The van der Waals surface area contributed by atoms with Crippen molar-refractivity contribution in [2.45, 2.75) is 133 Å². The lowest BCUT2D eigenvalue weighted by Crippen LogP contribution is -2.39. The second-order valence-corrected chi connectivity index (χ2v) is 19.0. The highest BCUT2D eigenvalue weighted by Gasteiger charge is 2.23. The van der Waals surface area contributed by atoms with Crippen LogP contribution in [0.2, 0.25) is 5.02 Å². The van der Waals surface area contributed by atoms with E-state index in [-0.39, 0.29) is 31.0 Å². The molecule has 0 unspecified atom stereocenters. The Balaban J connectivity index is 0.000000365. The molecule has 13 heteroatoms. The van der Waals surface area contributed by atoms with Crippen LogP contribution in [-0.4, -0.2) is 97.6 Å². The zero-order valence-electron chi connectivity index (χ0n) is 43.2. The Morgan fingerprint density at radius 2 is 1.09 bits per heavy atom. The number of allylic oxidation sites excluding steroid dienone is 6. The van der Waals surface area contributed by atoms with Gasteiger partial charge in [-0.2, -0.15) is 0 Å². The van der Waals surface area contributed by atoms with Crippen LogP contribution in [-0.2, 0) is 41.6 Å². The number of nitrogens with zero attached hydrogens (tertiary/aromatic N) is 4. The van der Waals surface area contributed by atoms with Crippen LogP contribution in [0.25, 0.3) is 0 Å². The molecule has 12 nitrogen and oxygen atoms in total. The number of aryl methyl sites for hydroxylation is 4. The van der Waals surface area contributed by atoms with E-state index in [0.29, 0.717) is 110 Å². The average Bonchev–Trinajstić information content (AvgIpc) is 3.28. The molecule has 0 N–H and O–H groups in total. The molecule has 0 radical (unpaired) electrons. The number of hydrogen-bond acceptors (Lipinski definition) is 10. The van der Waals surface area contributed by atoms with Gasteiger partial charge < -0.3 is 28.9 Å². The van der Waals surface area contributed by atoms with Gasteiger partial charge in [0.1, 0.15) is 0 Å². The van der Waals surface area contributed by atoms with E-state index >= 15 is 0 Å². The Hall–Kier alpha value is -5.49. The maximum atomic E-state index is 12.9. The number of esters is 2. The fraction of sp³-hybridized carbons (Fsp3) is 0.536. The maximum absolute atomic E-state index is 12.9. The summed E-state index contributed by atoms with van der Waals surface area (Å²) in [5, 5.41) is 9.12. The topological polar surface area (TPSA) is 136 Å². The minimum absolute atomic E-state index is 0.0672. The number of hydrogen-bond donors (Lipinski definition) is 0. The van der Waals surface area contributed by atoms with Crippen LogP contribution in [0, 0.1) is 39.5 Å². The zero-order chi connectivity index (χ0) is 50.7. The predicted octanol–water partition coefficient (Wildman–Crippen LogP) is 11.8. The highest BCUT2D eigenvalue weighted by atomic mass is 35.5. The smallest absolute Gasteiger partial charge is 0.338 e. The molecule has 0 atom stereocenters. The molecular weight excluding hydrogens is 892 g/mol. The first-order valence-electron chi connectivity index (χ1n) is 24.8. The fourth-order valence-corrected chi connectivity index (χ4v) is 8.28. The third-order valence-electron chi connectivity index (χ3n) is 11.0. The number of halogens is 1. The third-order valence-corrected chi connectivity index (χ3v) is 11.6. The number of cyclic esters (lactones) is 2. The van der Waals surface area contributed by atoms with Crippen molar-refractivity contribution in [1.82, 2.24) is 9.80 Å². The first-order chi connectivity index (χ1) is 33.1. The Kier molecular flexibility index (Phi) is 26.5. The van der Waals surface area contributed by atoms with Gasteiger partial charge in [0.15, 0.2) is 13.2 Å². The van der Waals surface area contributed by atoms with E-state index < -0.39 is 5.97 Å². The van der Waals surface area contributed by atoms with E-state index in [4.69, 9.17) is 30.7 Å². The van der Waals surface area contributed by atoms with Crippen molar-refractivity contribution in [2.24, 2.45) is 22.1 Å². The van der Waals surface area contributed by atoms with Crippen LogP contribution >= 0.6 is 11.6 Å². The van der Waals surface area contributed by atoms with Gasteiger partial charge >= 0.3 is 11.9 Å². The standard InChI is InChI=1S/C29H42N2O4.C27H37ClN2O4/c1-21(2)18-31(19-22(3)4)27(32)20-35-30-26-13-11-9-7-8-10-12-14-34-29(33)28-24(6)15-23(5)16-25(28)17-26;1-5-14-30(15-6-2)24(31)19-34-29-22-13-11-9-7-8-10-12-16-33-27(32)25-20(3)17-21(4)26(28)23(25)18-22/h8,10-11,13,15-16,21-22H,7,9,12,14,17-20H2,1-6H3;8,10-11,13,17H,5-7,9,12,14-16,18-19H2,1-4H3/b10-8+,13-11?,30-26+;10-8+,13-11?,29-22-. The monoisotopic (exact) mass is 971 g/mol. The SMILES string of the molecule is CCCN(CCC)C(=O)CO/N=C1/C=CCC/C=C/CCOC(=O)c2c(C)cc(C)c(Cl)c2C1.Cc1cc(C)c2c(c1)C/C(=N/OCC(=O)N(CC(C)C)CC(C)C)C=CCC/C=C/CCOC2=O. The van der Waals surface area contributed by atoms with E-state index in [0.717, 1.165) is 66.3 Å². The van der Waals surface area contributed by atoms with Gasteiger partial charge in [0, 0.05) is 44.0 Å². The lowest BCUT2D eigenvalue weighted by Gasteiger charge is -2.25. The first kappa shape index (κ1) is 57.8. The number of carbonyl (C=O) groups excluding carboxylic acids is 4. The van der Waals surface area contributed by atoms with Crippen LogP contribution in [0.5, 0.6) is 0 Å². The molecule has 2 aromatic rings. The molecule has 2 amide bonds. The minimum Gasteiger partial charge on any atom is -0.462 e. The second kappa shape index (κ2) is 31.6. The van der Waals surface area contributed by atoms with Crippen LogP contribution in [0.4, 0.5) is 0 Å². The van der Waals surface area contributed by atoms with Crippen molar-refractivity contribution in [3.8, 4) is 0 Å².